The van der Waals surface area contributed by atoms with E-state index in [4.69, 9.17) is 48.2 Å². The number of Topliss-reactive ketones (excluding diaryl/α,β-unsaturated/α-hetero) is 1. The number of nitro benzene ring substituents is 1. The van der Waals surface area contributed by atoms with Gasteiger partial charge in [-0.3, -0.25) is 34.3 Å². The first kappa shape index (κ1) is 80.4. The molecule has 28 heteroatoms. The summed E-state index contributed by atoms with van der Waals surface area (Å²) in [7, 11) is 8.48. The first-order chi connectivity index (χ1) is 46.3. The van der Waals surface area contributed by atoms with Crippen molar-refractivity contribution in [2.24, 2.45) is 10.1 Å². The predicted octanol–water partition coefficient (Wildman–Crippen LogP) is 14.0. The summed E-state index contributed by atoms with van der Waals surface area (Å²) >= 11 is 0. The summed E-state index contributed by atoms with van der Waals surface area (Å²) in [6.07, 6.45) is -3.37. The van der Waals surface area contributed by atoms with Crippen molar-refractivity contribution in [2.45, 2.75) is 104 Å². The highest BCUT2D eigenvalue weighted by atomic mass is 19.4. The van der Waals surface area contributed by atoms with Gasteiger partial charge in [-0.05, 0) is 129 Å². The van der Waals surface area contributed by atoms with E-state index < -0.39 is 35.4 Å². The van der Waals surface area contributed by atoms with E-state index in [9.17, 15) is 52.4 Å². The van der Waals surface area contributed by atoms with Crippen LogP contribution in [0, 0.1) is 10.1 Å². The molecule has 0 aliphatic heterocycles. The van der Waals surface area contributed by atoms with Crippen molar-refractivity contribution in [3.05, 3.63) is 159 Å². The Hall–Kier alpha value is -10.8. The number of carbonyl (C=O) groups is 5. The standard InChI is InChI=1S/C28H28N2O8.C16H20F3NO5.C14H19NO5.C9H10O3.C2H6/c1-17(22-14-25(36-2)26(15-24(22)30(34)35)37-13-7-12-27(31)32)29-28(33)38-16-23-20-10-5-3-8-18(20)19-9-4-6-11-21(19)23;1-11(20-10-25-16(17,18)19)12-6-7-13(14(9-12)22-2)24-8-4-5-15(21)23-3;1-10(15-17)11-6-7-12(13(9-11)18-2)20-8-4-5-14(16)19-3;1-6(10)7-3-4-8(11)9(5-7)12-2;1-2/h3-6,8-11,14-15,17,23H,7,12-13,16H2,1-2H3,(H,29,33)(H,31,32);6-7,9-11H,4-5,8H2,1-3H3;6-7,9,17H,4-5,8H2,1-3H3;3-5,11H,1-2H3;1-2H3/b;;15-10-;;. The fraction of sp³-hybridized carbons (Fsp3) is 0.377. The molecule has 0 radical (unpaired) electrons. The molecule has 1 amide bonds. The van der Waals surface area contributed by atoms with Crippen LogP contribution >= 0.6 is 0 Å². The molecule has 0 aromatic heterocycles. The lowest BCUT2D eigenvalue weighted by Crippen LogP contribution is -2.29. The summed E-state index contributed by atoms with van der Waals surface area (Å²) in [5.74, 6) is 0.987. The number of aliphatic carboxylic acids is 1. The predicted molar refractivity (Wildman–Crippen MR) is 352 cm³/mol. The molecule has 4 N–H and O–H groups in total. The van der Waals surface area contributed by atoms with Crippen LogP contribution in [0.25, 0.3) is 11.1 Å². The number of nitrogens with zero attached hydrogens (tertiary/aromatic N) is 3. The lowest BCUT2D eigenvalue weighted by molar-refractivity contribution is -0.385. The van der Waals surface area contributed by atoms with Gasteiger partial charge in [0, 0.05) is 36.3 Å². The van der Waals surface area contributed by atoms with Gasteiger partial charge in [0.2, 0.25) is 0 Å². The van der Waals surface area contributed by atoms with E-state index in [1.807, 2.05) is 62.4 Å². The third-order valence-electron chi connectivity index (χ3n) is 13.9. The van der Waals surface area contributed by atoms with Gasteiger partial charge in [0.15, 0.2) is 58.2 Å². The first-order valence-electron chi connectivity index (χ1n) is 30.2. The molecule has 0 spiro atoms. The number of nitro groups is 1. The molecule has 7 rings (SSSR count). The van der Waals surface area contributed by atoms with Crippen molar-refractivity contribution in [1.82, 2.24) is 5.32 Å². The number of hydrogen-bond donors (Lipinski definition) is 4. The number of amides is 1. The third kappa shape index (κ3) is 26.5. The monoisotopic (exact) mass is 1360 g/mol. The number of alkyl halides is 3. The average molecular weight is 1360 g/mol. The number of aromatic hydroxyl groups is 1. The maximum absolute atomic E-state index is 12.7. The van der Waals surface area contributed by atoms with Crippen LogP contribution in [-0.4, -0.2) is 138 Å². The van der Waals surface area contributed by atoms with Crippen molar-refractivity contribution in [3.63, 3.8) is 0 Å². The molecule has 6 aromatic rings. The van der Waals surface area contributed by atoms with Crippen LogP contribution in [0.2, 0.25) is 0 Å². The number of alkyl carbamates (subject to hydrolysis) is 1. The van der Waals surface area contributed by atoms with E-state index in [0.717, 1.165) is 27.8 Å². The number of methoxy groups -OCH3 is 6. The number of hydrogen-bond acceptors (Lipinski definition) is 22. The number of carboxylic acids is 1. The zero-order valence-electron chi connectivity index (χ0n) is 56.0. The largest absolute Gasteiger partial charge is 0.573 e. The number of benzene rings is 6. The van der Waals surface area contributed by atoms with E-state index in [1.165, 1.54) is 73.8 Å². The minimum atomic E-state index is -4.76. The number of ether oxygens (including phenoxy) is 11. The molecule has 1 aliphatic rings. The zero-order chi connectivity index (χ0) is 72.2. The average Bonchev–Trinajstić information content (AvgIpc) is 1.63. The Kier molecular flexibility index (Phi) is 34.7. The summed E-state index contributed by atoms with van der Waals surface area (Å²) in [6, 6.07) is 31.9. The van der Waals surface area contributed by atoms with Gasteiger partial charge in [-0.15, -0.1) is 13.2 Å². The van der Waals surface area contributed by atoms with Crippen LogP contribution in [0.4, 0.5) is 23.7 Å². The van der Waals surface area contributed by atoms with E-state index in [-0.39, 0.29) is 91.2 Å². The Labute approximate surface area is 560 Å². The van der Waals surface area contributed by atoms with E-state index in [1.54, 1.807) is 63.2 Å². The van der Waals surface area contributed by atoms with Gasteiger partial charge in [-0.2, -0.15) is 0 Å². The number of phenolic OH excluding ortho intramolecular Hbond substituents is 1. The summed E-state index contributed by atoms with van der Waals surface area (Å²) in [6.45, 7) is 11.2. The highest BCUT2D eigenvalue weighted by Crippen LogP contribution is 2.45. The number of phenols is 1. The van der Waals surface area contributed by atoms with Gasteiger partial charge < -0.3 is 72.8 Å². The molecule has 2 atom stereocenters. The number of carboxylic acid groups (broad SMARTS) is 1. The fourth-order valence-electron chi connectivity index (χ4n) is 8.94. The Morgan fingerprint density at radius 1 is 0.639 bits per heavy atom. The smallest absolute Gasteiger partial charge is 0.504 e. The summed E-state index contributed by atoms with van der Waals surface area (Å²) in [5.41, 5.74) is 6.70. The zero-order valence-corrected chi connectivity index (χ0v) is 56.0. The van der Waals surface area contributed by atoms with Crippen LogP contribution in [-0.2, 0) is 33.3 Å². The Bertz CT molecular complexity index is 3560. The van der Waals surface area contributed by atoms with E-state index >= 15 is 0 Å². The lowest BCUT2D eigenvalue weighted by Gasteiger charge is -2.19. The number of rotatable bonds is 29. The molecule has 0 fully saturated rings. The Morgan fingerprint density at radius 2 is 1.12 bits per heavy atom. The van der Waals surface area contributed by atoms with Gasteiger partial charge in [-0.1, -0.05) is 73.6 Å². The molecular formula is C69H83F3N4O21. The first-order valence-corrected chi connectivity index (χ1v) is 30.2. The highest BCUT2D eigenvalue weighted by Gasteiger charge is 2.31. The topological polar surface area (TPSA) is 327 Å². The normalized spacial score (nSPS) is 11.8. The van der Waals surface area contributed by atoms with Crippen molar-refractivity contribution in [2.75, 3.05) is 69.1 Å². The molecule has 25 nitrogen and oxygen atoms in total. The van der Waals surface area contributed by atoms with Crippen LogP contribution in [0.3, 0.4) is 0 Å². The summed E-state index contributed by atoms with van der Waals surface area (Å²) in [5, 5.41) is 44.3. The van der Waals surface area contributed by atoms with Crippen molar-refractivity contribution in [1.29, 1.82) is 0 Å². The van der Waals surface area contributed by atoms with Crippen LogP contribution in [0.5, 0.6) is 46.0 Å². The molecule has 1 aliphatic carbocycles. The minimum absolute atomic E-state index is 0.0440. The van der Waals surface area contributed by atoms with E-state index in [2.05, 4.69) is 29.7 Å². The number of aliphatic imine (C=N–C) groups is 1. The molecule has 0 saturated heterocycles. The number of nitrogens with one attached hydrogen (secondary N) is 1. The molecule has 526 valence electrons. The van der Waals surface area contributed by atoms with Gasteiger partial charge >= 0.3 is 30.4 Å². The highest BCUT2D eigenvalue weighted by molar-refractivity contribution is 5.99. The van der Waals surface area contributed by atoms with Crippen molar-refractivity contribution >= 4 is 47.6 Å². The lowest BCUT2D eigenvalue weighted by atomic mass is 9.98. The fourth-order valence-corrected chi connectivity index (χ4v) is 8.94. The minimum Gasteiger partial charge on any atom is -0.504 e. The number of ketones is 1. The molecule has 2 unspecified atom stereocenters. The molecule has 0 saturated carbocycles. The Balaban J connectivity index is 0.000000360. The second-order valence-electron chi connectivity index (χ2n) is 20.3. The maximum atomic E-state index is 12.7. The summed E-state index contributed by atoms with van der Waals surface area (Å²) in [4.78, 5) is 71.2. The quantitative estimate of drug-likeness (QED) is 0.00390. The molecule has 0 heterocycles. The van der Waals surface area contributed by atoms with Gasteiger partial charge in [0.25, 0.3) is 5.69 Å². The SMILES string of the molecule is CC.COC(=O)CCCOc1ccc(/C(C)=N\O)cc1OC.COC(=O)CCCOc1ccc(C(C)N=COC(F)(F)F)cc1OC.COc1cc(C(C)=O)ccc1O.COc1cc(C(C)NC(=O)OCC2c3ccccc3-c3ccccc32)c([N+](=O)[O-])cc1OCCCC(=O)O. The van der Waals surface area contributed by atoms with E-state index in [0.29, 0.717) is 77.9 Å². The number of fused-ring (bicyclic) bond motifs is 3. The van der Waals surface area contributed by atoms with Crippen LogP contribution in [0.15, 0.2) is 125 Å². The molecule has 0 bridgehead atoms. The number of oxime groups is 1. The van der Waals surface area contributed by atoms with Crippen LogP contribution < -0.4 is 38.5 Å². The molecule has 6 aromatic carbocycles. The molecule has 97 heavy (non-hydrogen) atoms. The van der Waals surface area contributed by atoms with Gasteiger partial charge in [-0.25, -0.2) is 4.79 Å². The third-order valence-corrected chi connectivity index (χ3v) is 13.9. The van der Waals surface area contributed by atoms with Crippen molar-refractivity contribution < 1.29 is 110 Å². The number of esters is 2. The maximum Gasteiger partial charge on any atom is 0.573 e. The summed E-state index contributed by atoms with van der Waals surface area (Å²) < 4.78 is 91.2. The van der Waals surface area contributed by atoms with Gasteiger partial charge in [0.1, 0.15) is 6.61 Å². The van der Waals surface area contributed by atoms with Crippen LogP contribution in [0.1, 0.15) is 136 Å². The second kappa shape index (κ2) is 41.8. The number of halogens is 3. The number of carbonyl (C=O) groups excluding carboxylic acids is 4. The second-order valence-corrected chi connectivity index (χ2v) is 20.3. The van der Waals surface area contributed by atoms with Crippen molar-refractivity contribution in [3.8, 4) is 57.1 Å². The Morgan fingerprint density at radius 3 is 1.62 bits per heavy atom. The van der Waals surface area contributed by atoms with Gasteiger partial charge in [0.05, 0.1) is 96.8 Å². The molecular weight excluding hydrogens is 1280 g/mol.